The molecule has 2 aromatic heterocycles. The number of anilines is 2. The van der Waals surface area contributed by atoms with Gasteiger partial charge in [0, 0.05) is 11.6 Å². The van der Waals surface area contributed by atoms with E-state index in [1.165, 1.54) is 29.4 Å². The zero-order valence-corrected chi connectivity index (χ0v) is 16.2. The van der Waals surface area contributed by atoms with Crippen molar-refractivity contribution in [2.75, 3.05) is 22.9 Å². The molecule has 11 heteroatoms. The number of carbonyl (C=O) groups excluding carboxylic acids is 1. The van der Waals surface area contributed by atoms with Crippen LogP contribution in [0, 0.1) is 0 Å². The van der Waals surface area contributed by atoms with Crippen molar-refractivity contribution in [1.29, 1.82) is 0 Å². The minimum atomic E-state index is -0.170. The molecule has 1 amide bonds. The van der Waals surface area contributed by atoms with Gasteiger partial charge in [0.25, 0.3) is 0 Å². The second kappa shape index (κ2) is 8.97. The number of hydrogen-bond donors (Lipinski definition) is 2. The number of hydrogen-bond acceptors (Lipinski definition) is 8. The summed E-state index contributed by atoms with van der Waals surface area (Å²) in [7, 11) is 0. The van der Waals surface area contributed by atoms with Crippen LogP contribution in [0.15, 0.2) is 35.2 Å². The fourth-order valence-corrected chi connectivity index (χ4v) is 3.78. The molecule has 2 heterocycles. The van der Waals surface area contributed by atoms with E-state index in [0.717, 1.165) is 22.4 Å². The summed E-state index contributed by atoms with van der Waals surface area (Å²) in [5.74, 6) is 0.0445. The average molecular weight is 410 g/mol. The number of benzene rings is 1. The Bertz CT molecular complexity index is 869. The molecule has 1 aromatic carbocycles. The van der Waals surface area contributed by atoms with E-state index in [1.54, 1.807) is 29.2 Å². The zero-order valence-electron chi connectivity index (χ0n) is 13.8. The molecular formula is C15H16ClN7OS2. The van der Waals surface area contributed by atoms with E-state index >= 15 is 0 Å². The SMILES string of the molecule is CCCNc1nnc(SCC(=O)Nc2cc(Cl)ccc2-n2cncn2)s1. The molecule has 8 nitrogen and oxygen atoms in total. The van der Waals surface area contributed by atoms with E-state index in [0.29, 0.717) is 16.4 Å². The average Bonchev–Trinajstić information content (AvgIpc) is 3.30. The Morgan fingerprint density at radius 3 is 3.04 bits per heavy atom. The molecule has 0 aliphatic carbocycles. The maximum absolute atomic E-state index is 12.3. The maximum atomic E-state index is 12.3. The molecule has 0 fully saturated rings. The van der Waals surface area contributed by atoms with E-state index < -0.39 is 0 Å². The largest absolute Gasteiger partial charge is 0.360 e. The van der Waals surface area contributed by atoms with Crippen LogP contribution in [-0.4, -0.2) is 43.2 Å². The lowest BCUT2D eigenvalue weighted by Gasteiger charge is -2.11. The van der Waals surface area contributed by atoms with Gasteiger partial charge in [-0.05, 0) is 24.6 Å². The van der Waals surface area contributed by atoms with Gasteiger partial charge in [0.15, 0.2) is 4.34 Å². The summed E-state index contributed by atoms with van der Waals surface area (Å²) in [6.45, 7) is 2.93. The molecule has 2 N–H and O–H groups in total. The van der Waals surface area contributed by atoms with Crippen LogP contribution in [0.1, 0.15) is 13.3 Å². The lowest BCUT2D eigenvalue weighted by Crippen LogP contribution is -2.16. The standard InChI is InChI=1S/C15H16ClN7OS2/c1-2-5-18-14-21-22-15(26-14)25-7-13(24)20-11-6-10(16)3-4-12(11)23-9-17-8-19-23/h3-4,6,8-9H,2,5,7H2,1H3,(H,18,21)(H,20,24). The van der Waals surface area contributed by atoms with Gasteiger partial charge in [0.1, 0.15) is 12.7 Å². The van der Waals surface area contributed by atoms with E-state index in [1.807, 2.05) is 0 Å². The van der Waals surface area contributed by atoms with Crippen molar-refractivity contribution in [3.8, 4) is 5.69 Å². The highest BCUT2D eigenvalue weighted by Crippen LogP contribution is 2.27. The van der Waals surface area contributed by atoms with Gasteiger partial charge >= 0.3 is 0 Å². The number of carbonyl (C=O) groups is 1. The van der Waals surface area contributed by atoms with Crippen molar-refractivity contribution in [2.45, 2.75) is 17.7 Å². The Balaban J connectivity index is 1.61. The topological polar surface area (TPSA) is 97.6 Å². The number of nitrogens with one attached hydrogen (secondary N) is 2. The zero-order chi connectivity index (χ0) is 18.4. The van der Waals surface area contributed by atoms with Crippen molar-refractivity contribution in [3.63, 3.8) is 0 Å². The van der Waals surface area contributed by atoms with Crippen LogP contribution in [0.3, 0.4) is 0 Å². The molecule has 0 spiro atoms. The summed E-state index contributed by atoms with van der Waals surface area (Å²) in [6, 6.07) is 5.18. The minimum Gasteiger partial charge on any atom is -0.360 e. The fraction of sp³-hybridized carbons (Fsp3) is 0.267. The van der Waals surface area contributed by atoms with Crippen LogP contribution in [0.2, 0.25) is 5.02 Å². The maximum Gasteiger partial charge on any atom is 0.234 e. The molecule has 0 unspecified atom stereocenters. The second-order valence-electron chi connectivity index (χ2n) is 5.14. The highest BCUT2D eigenvalue weighted by atomic mass is 35.5. The van der Waals surface area contributed by atoms with Crippen molar-refractivity contribution in [1.82, 2.24) is 25.0 Å². The number of nitrogens with zero attached hydrogens (tertiary/aromatic N) is 5. The molecule has 0 aliphatic rings. The number of aromatic nitrogens is 5. The van der Waals surface area contributed by atoms with Gasteiger partial charge in [-0.1, -0.05) is 41.6 Å². The third-order valence-electron chi connectivity index (χ3n) is 3.16. The van der Waals surface area contributed by atoms with Gasteiger partial charge in [-0.3, -0.25) is 4.79 Å². The van der Waals surface area contributed by atoms with E-state index in [-0.39, 0.29) is 11.7 Å². The second-order valence-corrected chi connectivity index (χ2v) is 7.77. The monoisotopic (exact) mass is 409 g/mol. The molecular weight excluding hydrogens is 394 g/mol. The van der Waals surface area contributed by atoms with Crippen LogP contribution in [0.4, 0.5) is 10.8 Å². The van der Waals surface area contributed by atoms with Gasteiger partial charge in [0.2, 0.25) is 11.0 Å². The van der Waals surface area contributed by atoms with Gasteiger partial charge in [0.05, 0.1) is 17.1 Å². The first-order valence-electron chi connectivity index (χ1n) is 7.80. The van der Waals surface area contributed by atoms with E-state index in [9.17, 15) is 4.79 Å². The molecule has 0 bridgehead atoms. The van der Waals surface area contributed by atoms with Crippen molar-refractivity contribution in [2.24, 2.45) is 0 Å². The Hall–Kier alpha value is -2.17. The van der Waals surface area contributed by atoms with Crippen LogP contribution < -0.4 is 10.6 Å². The van der Waals surface area contributed by atoms with Crippen LogP contribution in [-0.2, 0) is 4.79 Å². The fourth-order valence-electron chi connectivity index (χ4n) is 2.03. The van der Waals surface area contributed by atoms with Gasteiger partial charge in [-0.25, -0.2) is 9.67 Å². The lowest BCUT2D eigenvalue weighted by molar-refractivity contribution is -0.113. The third-order valence-corrected chi connectivity index (χ3v) is 5.41. The molecule has 0 aliphatic heterocycles. The van der Waals surface area contributed by atoms with Gasteiger partial charge in [-0.2, -0.15) is 5.10 Å². The van der Waals surface area contributed by atoms with Crippen molar-refractivity contribution >= 4 is 51.4 Å². The molecule has 0 saturated heterocycles. The van der Waals surface area contributed by atoms with Crippen LogP contribution in [0.25, 0.3) is 5.69 Å². The molecule has 0 saturated carbocycles. The Labute approximate surface area is 163 Å². The van der Waals surface area contributed by atoms with Gasteiger partial charge in [-0.15, -0.1) is 10.2 Å². The Morgan fingerprint density at radius 1 is 1.38 bits per heavy atom. The molecule has 3 rings (SSSR count). The Morgan fingerprint density at radius 2 is 2.27 bits per heavy atom. The summed E-state index contributed by atoms with van der Waals surface area (Å²) in [5, 5.41) is 19.5. The molecule has 3 aromatic rings. The molecule has 136 valence electrons. The summed E-state index contributed by atoms with van der Waals surface area (Å²) in [6.07, 6.45) is 3.99. The highest BCUT2D eigenvalue weighted by Gasteiger charge is 2.12. The predicted molar refractivity (Wildman–Crippen MR) is 104 cm³/mol. The number of rotatable bonds is 8. The van der Waals surface area contributed by atoms with Crippen LogP contribution in [0.5, 0.6) is 0 Å². The van der Waals surface area contributed by atoms with E-state index in [2.05, 4.69) is 37.8 Å². The normalized spacial score (nSPS) is 10.7. The van der Waals surface area contributed by atoms with E-state index in [4.69, 9.17) is 11.6 Å². The quantitative estimate of drug-likeness (QED) is 0.550. The molecule has 26 heavy (non-hydrogen) atoms. The number of thioether (sulfide) groups is 1. The molecule has 0 radical (unpaired) electrons. The summed E-state index contributed by atoms with van der Waals surface area (Å²) < 4.78 is 2.30. The third kappa shape index (κ3) is 4.93. The van der Waals surface area contributed by atoms with Crippen molar-refractivity contribution < 1.29 is 4.79 Å². The first-order valence-corrected chi connectivity index (χ1v) is 9.98. The first-order chi connectivity index (χ1) is 12.7. The highest BCUT2D eigenvalue weighted by molar-refractivity contribution is 8.01. The smallest absolute Gasteiger partial charge is 0.234 e. The Kier molecular flexibility index (Phi) is 6.42. The summed E-state index contributed by atoms with van der Waals surface area (Å²) in [5.41, 5.74) is 1.25. The lowest BCUT2D eigenvalue weighted by atomic mass is 10.2. The summed E-state index contributed by atoms with van der Waals surface area (Å²) in [4.78, 5) is 16.2. The minimum absolute atomic E-state index is 0.170. The number of amides is 1. The van der Waals surface area contributed by atoms with Gasteiger partial charge < -0.3 is 10.6 Å². The number of halogens is 1. The predicted octanol–water partition coefficient (Wildman–Crippen LogP) is 3.32. The first kappa shape index (κ1) is 18.6. The summed E-state index contributed by atoms with van der Waals surface area (Å²) >= 11 is 8.82. The van der Waals surface area contributed by atoms with Crippen molar-refractivity contribution in [3.05, 3.63) is 35.9 Å². The van der Waals surface area contributed by atoms with Crippen LogP contribution >= 0.6 is 34.7 Å². The molecule has 0 atom stereocenters.